The predicted molar refractivity (Wildman–Crippen MR) is 74.7 cm³/mol. The van der Waals surface area contributed by atoms with Gasteiger partial charge in [-0.25, -0.2) is 0 Å². The molecular formula is C15H27NO. The molecule has 2 nitrogen and oxygen atoms in total. The van der Waals surface area contributed by atoms with Crippen molar-refractivity contribution < 1.29 is 4.79 Å². The van der Waals surface area contributed by atoms with Crippen molar-refractivity contribution in [2.24, 2.45) is 5.73 Å². The molecule has 0 unspecified atom stereocenters. The highest BCUT2D eigenvalue weighted by molar-refractivity contribution is 5.85. The second-order valence-corrected chi connectivity index (χ2v) is 4.50. The Balaban J connectivity index is 4.12. The molecule has 0 aliphatic heterocycles. The minimum absolute atomic E-state index is 0.372. The van der Waals surface area contributed by atoms with E-state index in [1.54, 1.807) is 6.08 Å². The number of allylic oxidation sites excluding steroid dienone is 3. The van der Waals surface area contributed by atoms with Crippen molar-refractivity contribution >= 4 is 5.91 Å². The van der Waals surface area contributed by atoms with Crippen LogP contribution in [0.5, 0.6) is 0 Å². The van der Waals surface area contributed by atoms with E-state index in [2.05, 4.69) is 19.9 Å². The number of carbonyl (C=O) groups excluding carboxylic acids is 1. The number of unbranched alkanes of at least 4 members (excludes halogenated alkanes) is 4. The van der Waals surface area contributed by atoms with Gasteiger partial charge in [0.25, 0.3) is 0 Å². The van der Waals surface area contributed by atoms with Crippen LogP contribution in [0.15, 0.2) is 23.8 Å². The molecule has 0 aromatic heterocycles. The van der Waals surface area contributed by atoms with Crippen LogP contribution in [0.25, 0.3) is 0 Å². The lowest BCUT2D eigenvalue weighted by Crippen LogP contribution is -2.04. The minimum atomic E-state index is -0.372. The van der Waals surface area contributed by atoms with Gasteiger partial charge in [0, 0.05) is 6.08 Å². The quantitative estimate of drug-likeness (QED) is 0.347. The van der Waals surface area contributed by atoms with Gasteiger partial charge >= 0.3 is 0 Å². The summed E-state index contributed by atoms with van der Waals surface area (Å²) in [4.78, 5) is 10.6. The first-order chi connectivity index (χ1) is 8.20. The molecule has 1 amide bonds. The summed E-state index contributed by atoms with van der Waals surface area (Å²) in [5, 5.41) is 0. The number of nitrogens with two attached hydrogens (primary N) is 1. The first-order valence-corrected chi connectivity index (χ1v) is 6.86. The topological polar surface area (TPSA) is 43.1 Å². The summed E-state index contributed by atoms with van der Waals surface area (Å²) in [6.45, 7) is 4.43. The van der Waals surface area contributed by atoms with Gasteiger partial charge in [-0.3, -0.25) is 4.79 Å². The van der Waals surface area contributed by atoms with Gasteiger partial charge < -0.3 is 5.73 Å². The second kappa shape index (κ2) is 11.4. The Labute approximate surface area is 106 Å². The van der Waals surface area contributed by atoms with E-state index in [0.717, 1.165) is 12.8 Å². The van der Waals surface area contributed by atoms with Crippen LogP contribution in [-0.4, -0.2) is 5.91 Å². The van der Waals surface area contributed by atoms with Gasteiger partial charge in [0.1, 0.15) is 0 Å². The van der Waals surface area contributed by atoms with Gasteiger partial charge in [0.05, 0.1) is 0 Å². The number of carbonyl (C=O) groups is 1. The summed E-state index contributed by atoms with van der Waals surface area (Å²) in [5.74, 6) is -0.372. The lowest BCUT2D eigenvalue weighted by molar-refractivity contribution is -0.113. The van der Waals surface area contributed by atoms with Gasteiger partial charge in [0.15, 0.2) is 0 Å². The number of hydrogen-bond donors (Lipinski definition) is 1. The molecule has 2 N–H and O–H groups in total. The van der Waals surface area contributed by atoms with E-state index in [9.17, 15) is 4.79 Å². The molecule has 0 aliphatic rings. The van der Waals surface area contributed by atoms with Gasteiger partial charge in [-0.15, -0.1) is 0 Å². The van der Waals surface area contributed by atoms with Gasteiger partial charge in [-0.1, -0.05) is 57.3 Å². The van der Waals surface area contributed by atoms with Crippen molar-refractivity contribution in [3.05, 3.63) is 23.8 Å². The Bertz CT molecular complexity index is 242. The molecule has 17 heavy (non-hydrogen) atoms. The Morgan fingerprint density at radius 3 is 1.94 bits per heavy atom. The smallest absolute Gasteiger partial charge is 0.241 e. The Morgan fingerprint density at radius 1 is 1.00 bits per heavy atom. The normalized spacial score (nSPS) is 10.7. The molecule has 98 valence electrons. The first kappa shape index (κ1) is 16.0. The van der Waals surface area contributed by atoms with Crippen molar-refractivity contribution in [1.29, 1.82) is 0 Å². The Kier molecular flexibility index (Phi) is 10.7. The van der Waals surface area contributed by atoms with Crippen LogP contribution in [0.3, 0.4) is 0 Å². The zero-order chi connectivity index (χ0) is 12.9. The van der Waals surface area contributed by atoms with E-state index < -0.39 is 0 Å². The van der Waals surface area contributed by atoms with Crippen LogP contribution in [0.1, 0.15) is 65.2 Å². The van der Waals surface area contributed by atoms with Crippen LogP contribution in [-0.2, 0) is 4.79 Å². The number of rotatable bonds is 10. The van der Waals surface area contributed by atoms with E-state index in [1.165, 1.54) is 50.2 Å². The highest BCUT2D eigenvalue weighted by atomic mass is 16.1. The molecule has 0 saturated heterocycles. The maximum Gasteiger partial charge on any atom is 0.241 e. The van der Waals surface area contributed by atoms with E-state index >= 15 is 0 Å². The predicted octanol–water partition coefficient (Wildman–Crippen LogP) is 4.11. The number of hydrogen-bond acceptors (Lipinski definition) is 1. The van der Waals surface area contributed by atoms with E-state index in [0.29, 0.717) is 0 Å². The van der Waals surface area contributed by atoms with E-state index in [1.807, 2.05) is 0 Å². The van der Waals surface area contributed by atoms with Crippen molar-refractivity contribution in [3.63, 3.8) is 0 Å². The molecule has 0 aromatic carbocycles. The lowest BCUT2D eigenvalue weighted by atomic mass is 10.0. The van der Waals surface area contributed by atoms with Crippen molar-refractivity contribution in [1.82, 2.24) is 0 Å². The van der Waals surface area contributed by atoms with Crippen LogP contribution in [0.4, 0.5) is 0 Å². The Morgan fingerprint density at radius 2 is 1.53 bits per heavy atom. The maximum absolute atomic E-state index is 10.6. The molecular weight excluding hydrogens is 210 g/mol. The fourth-order valence-corrected chi connectivity index (χ4v) is 1.77. The number of amides is 1. The van der Waals surface area contributed by atoms with Crippen LogP contribution in [0, 0.1) is 0 Å². The summed E-state index contributed by atoms with van der Waals surface area (Å²) < 4.78 is 0. The van der Waals surface area contributed by atoms with Gasteiger partial charge in [-0.2, -0.15) is 0 Å². The first-order valence-electron chi connectivity index (χ1n) is 6.86. The molecule has 0 heterocycles. The average molecular weight is 237 g/mol. The van der Waals surface area contributed by atoms with Gasteiger partial charge in [0.2, 0.25) is 5.91 Å². The highest BCUT2D eigenvalue weighted by Crippen LogP contribution is 2.16. The van der Waals surface area contributed by atoms with Crippen LogP contribution < -0.4 is 5.73 Å². The molecule has 0 bridgehead atoms. The third-order valence-electron chi connectivity index (χ3n) is 2.80. The van der Waals surface area contributed by atoms with Crippen LogP contribution in [0.2, 0.25) is 0 Å². The summed E-state index contributed by atoms with van der Waals surface area (Å²) in [5.41, 5.74) is 6.52. The zero-order valence-corrected chi connectivity index (χ0v) is 11.4. The summed E-state index contributed by atoms with van der Waals surface area (Å²) >= 11 is 0. The molecule has 0 aliphatic carbocycles. The SMILES string of the molecule is CCCCCC(=CC=CC(N)=O)CCCCC. The molecule has 2 heteroatoms. The summed E-state index contributed by atoms with van der Waals surface area (Å²) in [6.07, 6.45) is 15.2. The monoisotopic (exact) mass is 237 g/mol. The molecule has 0 spiro atoms. The third-order valence-corrected chi connectivity index (χ3v) is 2.80. The zero-order valence-electron chi connectivity index (χ0n) is 11.4. The van der Waals surface area contributed by atoms with Crippen molar-refractivity contribution in [3.8, 4) is 0 Å². The maximum atomic E-state index is 10.6. The fourth-order valence-electron chi connectivity index (χ4n) is 1.77. The summed E-state index contributed by atoms with van der Waals surface area (Å²) in [6, 6.07) is 0. The molecule has 0 rings (SSSR count). The summed E-state index contributed by atoms with van der Waals surface area (Å²) in [7, 11) is 0. The minimum Gasteiger partial charge on any atom is -0.366 e. The molecule has 0 fully saturated rings. The number of primary amides is 1. The molecule has 0 radical (unpaired) electrons. The van der Waals surface area contributed by atoms with Crippen molar-refractivity contribution in [2.75, 3.05) is 0 Å². The fraction of sp³-hybridized carbons (Fsp3) is 0.667. The largest absolute Gasteiger partial charge is 0.366 e. The molecule has 0 saturated carbocycles. The lowest BCUT2D eigenvalue weighted by Gasteiger charge is -2.06. The third kappa shape index (κ3) is 11.2. The second-order valence-electron chi connectivity index (χ2n) is 4.50. The average Bonchev–Trinajstić information content (AvgIpc) is 2.28. The van der Waals surface area contributed by atoms with Crippen molar-refractivity contribution in [2.45, 2.75) is 65.2 Å². The van der Waals surface area contributed by atoms with Gasteiger partial charge in [-0.05, 0) is 25.7 Å². The Hall–Kier alpha value is -1.05. The molecule has 0 aromatic rings. The molecule has 0 atom stereocenters. The van der Waals surface area contributed by atoms with E-state index in [-0.39, 0.29) is 5.91 Å². The highest BCUT2D eigenvalue weighted by Gasteiger charge is 1.97. The van der Waals surface area contributed by atoms with E-state index in [4.69, 9.17) is 5.73 Å². The van der Waals surface area contributed by atoms with Crippen LogP contribution >= 0.6 is 0 Å². The standard InChI is InChI=1S/C15H27NO/c1-3-5-7-10-14(11-8-6-4-2)12-9-13-15(16)17/h9,12-13H,3-8,10-11H2,1-2H3,(H2,16,17).